The van der Waals surface area contributed by atoms with Gasteiger partial charge in [-0.15, -0.1) is 0 Å². The average Bonchev–Trinajstić information content (AvgIpc) is 2.93. The third-order valence-electron chi connectivity index (χ3n) is 6.85. The zero-order chi connectivity index (χ0) is 26.9. The van der Waals surface area contributed by atoms with E-state index in [0.717, 1.165) is 67.2 Å². The maximum atomic E-state index is 11.1. The fraction of sp³-hybridized carbons (Fsp3) is 0.448. The summed E-state index contributed by atoms with van der Waals surface area (Å²) in [6.45, 7) is 8.96. The lowest BCUT2D eigenvalue weighted by molar-refractivity contribution is -0.384. The number of ether oxygens (including phenoxy) is 1. The van der Waals surface area contributed by atoms with E-state index in [4.69, 9.17) is 14.7 Å². The van der Waals surface area contributed by atoms with E-state index in [1.807, 2.05) is 37.3 Å². The molecule has 1 aliphatic heterocycles. The van der Waals surface area contributed by atoms with Crippen molar-refractivity contribution < 1.29 is 14.8 Å². The lowest BCUT2D eigenvalue weighted by Gasteiger charge is -2.37. The van der Waals surface area contributed by atoms with Crippen molar-refractivity contribution >= 4 is 11.5 Å². The van der Waals surface area contributed by atoms with Crippen LogP contribution in [0.25, 0.3) is 11.4 Å². The molecular weight excluding hydrogens is 482 g/mol. The number of aromatic nitrogens is 2. The number of hydrogen-bond acceptors (Lipinski definition) is 8. The molecule has 1 atom stereocenters. The third kappa shape index (κ3) is 7.34. The van der Waals surface area contributed by atoms with Crippen LogP contribution in [0.15, 0.2) is 54.6 Å². The van der Waals surface area contributed by atoms with Crippen LogP contribution in [0.4, 0.5) is 11.5 Å². The summed E-state index contributed by atoms with van der Waals surface area (Å²) in [6.07, 6.45) is 2.18. The van der Waals surface area contributed by atoms with Gasteiger partial charge in [-0.2, -0.15) is 0 Å². The van der Waals surface area contributed by atoms with Gasteiger partial charge < -0.3 is 14.7 Å². The Kier molecular flexibility index (Phi) is 9.75. The molecule has 2 heterocycles. The van der Waals surface area contributed by atoms with Crippen molar-refractivity contribution in [2.24, 2.45) is 0 Å². The van der Waals surface area contributed by atoms with Gasteiger partial charge in [0, 0.05) is 74.7 Å². The molecule has 0 saturated carbocycles. The minimum absolute atomic E-state index is 0.0791. The number of nitro benzene ring substituents is 1. The summed E-state index contributed by atoms with van der Waals surface area (Å²) < 4.78 is 5.59. The number of aryl methyl sites for hydroxylation is 1. The van der Waals surface area contributed by atoms with Gasteiger partial charge in [0.15, 0.2) is 5.82 Å². The molecule has 9 nitrogen and oxygen atoms in total. The van der Waals surface area contributed by atoms with Crippen LogP contribution in [0.3, 0.4) is 0 Å². The van der Waals surface area contributed by atoms with Crippen molar-refractivity contribution in [3.8, 4) is 11.4 Å². The third-order valence-corrected chi connectivity index (χ3v) is 6.85. The number of nitrogens with zero attached hydrogens (tertiary/aromatic N) is 5. The fourth-order valence-corrected chi connectivity index (χ4v) is 4.66. The van der Waals surface area contributed by atoms with Gasteiger partial charge in [0.05, 0.1) is 17.6 Å². The van der Waals surface area contributed by atoms with Gasteiger partial charge in [-0.3, -0.25) is 15.0 Å². The van der Waals surface area contributed by atoms with Crippen molar-refractivity contribution in [3.05, 3.63) is 81.5 Å². The fourth-order valence-electron chi connectivity index (χ4n) is 4.66. The molecule has 0 spiro atoms. The molecule has 2 aromatic carbocycles. The van der Waals surface area contributed by atoms with Crippen molar-refractivity contribution in [1.29, 1.82) is 0 Å². The second-order valence-corrected chi connectivity index (χ2v) is 9.77. The molecule has 202 valence electrons. The number of aliphatic hydroxyl groups is 1. The zero-order valence-electron chi connectivity index (χ0n) is 22.3. The zero-order valence-corrected chi connectivity index (χ0v) is 22.3. The second kappa shape index (κ2) is 13.4. The van der Waals surface area contributed by atoms with E-state index >= 15 is 0 Å². The largest absolute Gasteiger partial charge is 0.389 e. The first-order valence-corrected chi connectivity index (χ1v) is 13.3. The summed E-state index contributed by atoms with van der Waals surface area (Å²) in [6, 6.07) is 16.6. The standard InChI is InChI=1S/C29H37N5O4/c1-3-4-18-38-21-26(35)20-32-14-16-33(17-15-32)29-27(19-23-10-12-25(13-11-23)34(36)37)22(2)30-28(31-29)24-8-6-5-7-9-24/h5-13,26,35H,3-4,14-21H2,1-2H3. The average molecular weight is 520 g/mol. The highest BCUT2D eigenvalue weighted by Crippen LogP contribution is 2.29. The van der Waals surface area contributed by atoms with E-state index in [0.29, 0.717) is 32.0 Å². The molecule has 4 rings (SSSR count). The lowest BCUT2D eigenvalue weighted by Crippen LogP contribution is -2.49. The highest BCUT2D eigenvalue weighted by molar-refractivity contribution is 5.61. The van der Waals surface area contributed by atoms with Crippen molar-refractivity contribution in [2.75, 3.05) is 50.8 Å². The van der Waals surface area contributed by atoms with E-state index in [2.05, 4.69) is 16.7 Å². The van der Waals surface area contributed by atoms with Gasteiger partial charge in [-0.05, 0) is 18.9 Å². The van der Waals surface area contributed by atoms with E-state index in [1.165, 1.54) is 0 Å². The Morgan fingerprint density at radius 3 is 2.42 bits per heavy atom. The first kappa shape index (κ1) is 27.6. The van der Waals surface area contributed by atoms with Crippen molar-refractivity contribution in [3.63, 3.8) is 0 Å². The van der Waals surface area contributed by atoms with Gasteiger partial charge in [0.1, 0.15) is 5.82 Å². The van der Waals surface area contributed by atoms with Crippen LogP contribution in [-0.2, 0) is 11.2 Å². The molecular formula is C29H37N5O4. The molecule has 1 N–H and O–H groups in total. The van der Waals surface area contributed by atoms with Crippen LogP contribution in [-0.4, -0.2) is 76.9 Å². The number of benzene rings is 2. The van der Waals surface area contributed by atoms with Crippen LogP contribution >= 0.6 is 0 Å². The number of β-amino-alcohol motifs (C(OH)–C–C–N with tert-alkyl or cyclic N) is 1. The minimum Gasteiger partial charge on any atom is -0.389 e. The molecule has 0 aliphatic carbocycles. The predicted octanol–water partition coefficient (Wildman–Crippen LogP) is 4.25. The van der Waals surface area contributed by atoms with Gasteiger partial charge in [0.2, 0.25) is 0 Å². The number of anilines is 1. The normalized spacial score (nSPS) is 15.0. The Balaban J connectivity index is 1.51. The summed E-state index contributed by atoms with van der Waals surface area (Å²) >= 11 is 0. The molecule has 1 fully saturated rings. The Morgan fingerprint density at radius 2 is 1.76 bits per heavy atom. The predicted molar refractivity (Wildman–Crippen MR) is 148 cm³/mol. The van der Waals surface area contributed by atoms with Gasteiger partial charge in [-0.25, -0.2) is 9.97 Å². The van der Waals surface area contributed by atoms with E-state index < -0.39 is 6.10 Å². The topological polar surface area (TPSA) is 105 Å². The van der Waals surface area contributed by atoms with Crippen LogP contribution < -0.4 is 4.90 Å². The van der Waals surface area contributed by atoms with Gasteiger partial charge in [0.25, 0.3) is 5.69 Å². The molecule has 1 aliphatic rings. The first-order chi connectivity index (χ1) is 18.4. The van der Waals surface area contributed by atoms with Gasteiger partial charge >= 0.3 is 0 Å². The van der Waals surface area contributed by atoms with E-state index in [-0.39, 0.29) is 10.6 Å². The number of unbranched alkanes of at least 4 members (excludes halogenated alkanes) is 1. The molecule has 0 amide bonds. The summed E-state index contributed by atoms with van der Waals surface area (Å²) in [7, 11) is 0. The Morgan fingerprint density at radius 1 is 1.05 bits per heavy atom. The summed E-state index contributed by atoms with van der Waals surface area (Å²) in [5.41, 5.74) is 3.94. The lowest BCUT2D eigenvalue weighted by atomic mass is 10.0. The quantitative estimate of drug-likeness (QED) is 0.215. The van der Waals surface area contributed by atoms with E-state index in [9.17, 15) is 15.2 Å². The van der Waals surface area contributed by atoms with Gasteiger partial charge in [-0.1, -0.05) is 55.8 Å². The van der Waals surface area contributed by atoms with Crippen LogP contribution in [0.1, 0.15) is 36.6 Å². The Bertz CT molecular complexity index is 1180. The summed E-state index contributed by atoms with van der Waals surface area (Å²) in [4.78, 5) is 25.1. The number of rotatable bonds is 12. The highest BCUT2D eigenvalue weighted by Gasteiger charge is 2.24. The minimum atomic E-state index is -0.498. The highest BCUT2D eigenvalue weighted by atomic mass is 16.6. The summed E-state index contributed by atoms with van der Waals surface area (Å²) in [5.74, 6) is 1.59. The smallest absolute Gasteiger partial charge is 0.269 e. The maximum Gasteiger partial charge on any atom is 0.269 e. The Labute approximate surface area is 224 Å². The van der Waals surface area contributed by atoms with Crippen LogP contribution in [0.2, 0.25) is 0 Å². The second-order valence-electron chi connectivity index (χ2n) is 9.77. The molecule has 1 saturated heterocycles. The van der Waals surface area contributed by atoms with Crippen LogP contribution in [0.5, 0.6) is 0 Å². The molecule has 1 aromatic heterocycles. The number of non-ortho nitro benzene ring substituents is 1. The number of hydrogen-bond donors (Lipinski definition) is 1. The SMILES string of the molecule is CCCCOCC(O)CN1CCN(c2nc(-c3ccccc3)nc(C)c2Cc2ccc([N+](=O)[O-])cc2)CC1. The number of nitro groups is 1. The molecule has 1 unspecified atom stereocenters. The monoisotopic (exact) mass is 519 g/mol. The first-order valence-electron chi connectivity index (χ1n) is 13.3. The molecule has 0 bridgehead atoms. The van der Waals surface area contributed by atoms with Crippen molar-refractivity contribution in [2.45, 2.75) is 39.2 Å². The molecule has 0 radical (unpaired) electrons. The number of piperazine rings is 1. The molecule has 38 heavy (non-hydrogen) atoms. The van der Waals surface area contributed by atoms with Crippen LogP contribution in [0, 0.1) is 17.0 Å². The maximum absolute atomic E-state index is 11.1. The molecule has 3 aromatic rings. The Hall–Kier alpha value is -3.40. The number of aliphatic hydroxyl groups excluding tert-OH is 1. The summed E-state index contributed by atoms with van der Waals surface area (Å²) in [5, 5.41) is 21.5. The van der Waals surface area contributed by atoms with E-state index in [1.54, 1.807) is 24.3 Å². The molecule has 9 heteroatoms. The van der Waals surface area contributed by atoms with Crippen molar-refractivity contribution in [1.82, 2.24) is 14.9 Å².